The first-order valence-corrected chi connectivity index (χ1v) is 9.27. The van der Waals surface area contributed by atoms with Gasteiger partial charge in [-0.3, -0.25) is 9.59 Å². The lowest BCUT2D eigenvalue weighted by molar-refractivity contribution is -0.162. The highest BCUT2D eigenvalue weighted by Gasteiger charge is 2.40. The monoisotopic (exact) mass is 361 g/mol. The summed E-state index contributed by atoms with van der Waals surface area (Å²) in [4.78, 5) is 22.3. The first-order valence-electron chi connectivity index (χ1n) is 9.27. The van der Waals surface area contributed by atoms with Crippen molar-refractivity contribution in [1.29, 1.82) is 0 Å². The number of carboxylic acids is 1. The number of hydrogen-bond donors (Lipinski definition) is 2. The number of ketones is 1. The molecule has 6 nitrogen and oxygen atoms in total. The first kappa shape index (κ1) is 26.3. The smallest absolute Gasteiger partial charge is 0.320 e. The molecule has 0 aliphatic heterocycles. The minimum absolute atomic E-state index is 0.00176. The molecule has 0 aromatic heterocycles. The van der Waals surface area contributed by atoms with E-state index in [9.17, 15) is 9.59 Å². The summed E-state index contributed by atoms with van der Waals surface area (Å²) in [6, 6.07) is -0.662. The Bertz CT molecular complexity index is 358. The van der Waals surface area contributed by atoms with Gasteiger partial charge in [-0.05, 0) is 47.0 Å². The summed E-state index contributed by atoms with van der Waals surface area (Å²) in [5.74, 6) is -0.898. The third-order valence-electron chi connectivity index (χ3n) is 3.61. The Balaban J connectivity index is 0. The summed E-state index contributed by atoms with van der Waals surface area (Å²) in [7, 11) is 0. The van der Waals surface area contributed by atoms with Crippen molar-refractivity contribution in [3.63, 3.8) is 0 Å². The molecule has 0 radical (unpaired) electrons. The highest BCUT2D eigenvalue weighted by atomic mass is 16.5. The minimum atomic E-state index is -0.900. The maximum Gasteiger partial charge on any atom is 0.320 e. The Morgan fingerprint density at radius 1 is 0.920 bits per heavy atom. The van der Waals surface area contributed by atoms with Gasteiger partial charge in [0.2, 0.25) is 0 Å². The second kappa shape index (κ2) is 13.3. The van der Waals surface area contributed by atoms with Gasteiger partial charge in [0.05, 0.1) is 0 Å². The number of Topliss-reactive ketones (excluding diaryl/α,β-unsaturated/α-hetero) is 1. The van der Waals surface area contributed by atoms with Gasteiger partial charge in [-0.2, -0.15) is 0 Å². The first-order chi connectivity index (χ1) is 11.5. The Morgan fingerprint density at radius 2 is 1.32 bits per heavy atom. The number of carbonyl (C=O) groups is 2. The third kappa shape index (κ3) is 12.1. The van der Waals surface area contributed by atoms with Crippen LogP contribution < -0.4 is 5.73 Å². The van der Waals surface area contributed by atoms with Crippen molar-refractivity contribution in [3.05, 3.63) is 0 Å². The lowest BCUT2D eigenvalue weighted by Crippen LogP contribution is -2.49. The summed E-state index contributed by atoms with van der Waals surface area (Å²) >= 11 is 0. The number of ether oxygens (including phenoxy) is 2. The molecule has 0 saturated carbocycles. The third-order valence-corrected chi connectivity index (χ3v) is 3.61. The Hall–Kier alpha value is -0.980. The molecule has 0 rings (SSSR count). The van der Waals surface area contributed by atoms with E-state index in [1.54, 1.807) is 0 Å². The van der Waals surface area contributed by atoms with Crippen LogP contribution in [0, 0.1) is 0 Å². The van der Waals surface area contributed by atoms with E-state index in [1.165, 1.54) is 0 Å². The van der Waals surface area contributed by atoms with E-state index >= 15 is 0 Å². The Labute approximate surface area is 153 Å². The number of hydrogen-bond acceptors (Lipinski definition) is 5. The van der Waals surface area contributed by atoms with Gasteiger partial charge in [0.25, 0.3) is 0 Å². The fourth-order valence-corrected chi connectivity index (χ4v) is 2.12. The lowest BCUT2D eigenvalue weighted by atomic mass is 9.90. The number of nitrogens with two attached hydrogens (primary N) is 1. The molecule has 0 aliphatic rings. The van der Waals surface area contributed by atoms with Crippen molar-refractivity contribution in [2.45, 2.75) is 97.8 Å². The van der Waals surface area contributed by atoms with Gasteiger partial charge in [0.15, 0.2) is 5.78 Å². The van der Waals surface area contributed by atoms with Crippen LogP contribution in [0.15, 0.2) is 0 Å². The van der Waals surface area contributed by atoms with Crippen LogP contribution in [0.25, 0.3) is 0 Å². The molecule has 0 bridgehead atoms. The molecule has 6 heteroatoms. The SMILES string of the molecule is CCCC[C@H](N)C(=O)O.CCCOC(C)(C)C(=O)C(C)(C)OCCC. The molecular formula is C19H39NO5. The zero-order valence-corrected chi connectivity index (χ0v) is 17.2. The highest BCUT2D eigenvalue weighted by molar-refractivity contribution is 5.93. The predicted molar refractivity (Wildman–Crippen MR) is 101 cm³/mol. The van der Waals surface area contributed by atoms with Crippen molar-refractivity contribution >= 4 is 11.8 Å². The summed E-state index contributed by atoms with van der Waals surface area (Å²) in [5.41, 5.74) is 3.66. The second-order valence-electron chi connectivity index (χ2n) is 7.13. The van der Waals surface area contributed by atoms with Crippen LogP contribution in [-0.4, -0.2) is 47.3 Å². The minimum Gasteiger partial charge on any atom is -0.480 e. The molecular weight excluding hydrogens is 322 g/mol. The largest absolute Gasteiger partial charge is 0.480 e. The zero-order valence-electron chi connectivity index (χ0n) is 17.2. The average molecular weight is 362 g/mol. The zero-order chi connectivity index (χ0) is 20.1. The van der Waals surface area contributed by atoms with Crippen LogP contribution in [-0.2, 0) is 19.1 Å². The summed E-state index contributed by atoms with van der Waals surface area (Å²) < 4.78 is 11.2. The normalized spacial score (nSPS) is 13.0. The van der Waals surface area contributed by atoms with Crippen molar-refractivity contribution in [3.8, 4) is 0 Å². The number of carbonyl (C=O) groups excluding carboxylic acids is 1. The molecule has 0 saturated heterocycles. The summed E-state index contributed by atoms with van der Waals surface area (Å²) in [5, 5.41) is 8.28. The molecule has 0 aromatic rings. The van der Waals surface area contributed by atoms with Crippen LogP contribution in [0.3, 0.4) is 0 Å². The molecule has 3 N–H and O–H groups in total. The van der Waals surface area contributed by atoms with E-state index in [0.29, 0.717) is 19.6 Å². The number of rotatable bonds is 12. The standard InChI is InChI=1S/C13H26O3.C6H13NO2/c1-7-9-15-12(3,4)11(14)13(5,6)16-10-8-2;1-2-3-4-5(7)6(8)9/h7-10H2,1-6H3;5H,2-4,7H2,1H3,(H,8,9)/t;5-/m.0/s1. The van der Waals surface area contributed by atoms with Crippen molar-refractivity contribution in [2.75, 3.05) is 13.2 Å². The maximum atomic E-state index is 12.2. The van der Waals surface area contributed by atoms with E-state index in [-0.39, 0.29) is 5.78 Å². The van der Waals surface area contributed by atoms with Gasteiger partial charge in [-0.25, -0.2) is 0 Å². The molecule has 0 heterocycles. The molecule has 0 unspecified atom stereocenters. The van der Waals surface area contributed by atoms with Gasteiger partial charge in [0.1, 0.15) is 17.2 Å². The van der Waals surface area contributed by atoms with Crippen LogP contribution in [0.1, 0.15) is 80.6 Å². The molecule has 0 fully saturated rings. The number of carboxylic acid groups (broad SMARTS) is 1. The Kier molecular flexibility index (Phi) is 13.9. The van der Waals surface area contributed by atoms with Gasteiger partial charge in [-0.15, -0.1) is 0 Å². The maximum absolute atomic E-state index is 12.2. The molecule has 0 aliphatic carbocycles. The van der Waals surface area contributed by atoms with Crippen LogP contribution >= 0.6 is 0 Å². The highest BCUT2D eigenvalue weighted by Crippen LogP contribution is 2.22. The van der Waals surface area contributed by atoms with Crippen LogP contribution in [0.5, 0.6) is 0 Å². The average Bonchev–Trinajstić information content (AvgIpc) is 2.55. The quantitative estimate of drug-likeness (QED) is 0.551. The molecule has 0 aromatic carbocycles. The summed E-state index contributed by atoms with van der Waals surface area (Å²) in [6.45, 7) is 14.5. The van der Waals surface area contributed by atoms with Crippen molar-refractivity contribution in [1.82, 2.24) is 0 Å². The Morgan fingerprint density at radius 3 is 1.60 bits per heavy atom. The topological polar surface area (TPSA) is 98.9 Å². The van der Waals surface area contributed by atoms with Gasteiger partial charge in [-0.1, -0.05) is 33.6 Å². The lowest BCUT2D eigenvalue weighted by Gasteiger charge is -2.33. The van der Waals surface area contributed by atoms with E-state index in [0.717, 1.165) is 25.7 Å². The molecule has 1 atom stereocenters. The predicted octanol–water partition coefficient (Wildman–Crippen LogP) is 3.55. The van der Waals surface area contributed by atoms with E-state index in [4.69, 9.17) is 20.3 Å². The van der Waals surface area contributed by atoms with Crippen molar-refractivity contribution < 1.29 is 24.2 Å². The molecule has 0 amide bonds. The molecule has 0 spiro atoms. The molecule has 150 valence electrons. The van der Waals surface area contributed by atoms with E-state index < -0.39 is 23.2 Å². The van der Waals surface area contributed by atoms with Crippen LogP contribution in [0.4, 0.5) is 0 Å². The van der Waals surface area contributed by atoms with Gasteiger partial charge < -0.3 is 20.3 Å². The van der Waals surface area contributed by atoms with Crippen molar-refractivity contribution in [2.24, 2.45) is 5.73 Å². The number of unbranched alkanes of at least 4 members (excludes halogenated alkanes) is 1. The van der Waals surface area contributed by atoms with Gasteiger partial charge in [0, 0.05) is 13.2 Å². The molecule has 25 heavy (non-hydrogen) atoms. The van der Waals surface area contributed by atoms with E-state index in [2.05, 4.69) is 0 Å². The van der Waals surface area contributed by atoms with E-state index in [1.807, 2.05) is 48.5 Å². The van der Waals surface area contributed by atoms with Gasteiger partial charge >= 0.3 is 5.97 Å². The number of aliphatic carboxylic acids is 1. The summed E-state index contributed by atoms with van der Waals surface area (Å²) in [6.07, 6.45) is 4.31. The fraction of sp³-hybridized carbons (Fsp3) is 0.895. The van der Waals surface area contributed by atoms with Crippen LogP contribution in [0.2, 0.25) is 0 Å². The fourth-order valence-electron chi connectivity index (χ4n) is 2.12. The second-order valence-corrected chi connectivity index (χ2v) is 7.13.